The summed E-state index contributed by atoms with van der Waals surface area (Å²) >= 11 is 0. The average Bonchev–Trinajstić information content (AvgIpc) is 3.45. The van der Waals surface area contributed by atoms with Gasteiger partial charge in [-0.05, 0) is 55.0 Å². The molecule has 6 rings (SSSR count). The number of hydrogen-bond donors (Lipinski definition) is 2. The lowest BCUT2D eigenvalue weighted by Crippen LogP contribution is -2.23. The molecule has 0 aliphatic heterocycles. The van der Waals surface area contributed by atoms with Crippen molar-refractivity contribution < 1.29 is 0 Å². The first-order valence-corrected chi connectivity index (χ1v) is 11.2. The van der Waals surface area contributed by atoms with Gasteiger partial charge in [-0.1, -0.05) is 6.07 Å². The Balaban J connectivity index is 1.67. The van der Waals surface area contributed by atoms with Crippen molar-refractivity contribution in [2.45, 2.75) is 6.92 Å². The molecule has 0 atom stereocenters. The lowest BCUT2D eigenvalue weighted by atomic mass is 10.0. The van der Waals surface area contributed by atoms with Crippen molar-refractivity contribution >= 4 is 38.7 Å². The van der Waals surface area contributed by atoms with Crippen LogP contribution in [0.15, 0.2) is 65.7 Å². The van der Waals surface area contributed by atoms with E-state index in [1.165, 1.54) is 4.68 Å². The number of aromatic amines is 1. The van der Waals surface area contributed by atoms with E-state index in [2.05, 4.69) is 26.6 Å². The van der Waals surface area contributed by atoms with Crippen molar-refractivity contribution in [3.05, 3.63) is 76.8 Å². The molecule has 35 heavy (non-hydrogen) atoms. The molecule has 0 bridgehead atoms. The van der Waals surface area contributed by atoms with E-state index < -0.39 is 0 Å². The maximum atomic E-state index is 14.0. The van der Waals surface area contributed by atoms with E-state index in [1.54, 1.807) is 10.9 Å². The molecular formula is C26H20N8O. The van der Waals surface area contributed by atoms with Crippen molar-refractivity contribution in [3.63, 3.8) is 0 Å². The zero-order chi connectivity index (χ0) is 24.1. The summed E-state index contributed by atoms with van der Waals surface area (Å²) in [4.78, 5) is 21.8. The molecule has 0 aliphatic rings. The fraction of sp³-hybridized carbons (Fsp3) is 0.115. The van der Waals surface area contributed by atoms with Gasteiger partial charge in [0.05, 0.1) is 22.3 Å². The number of benzene rings is 2. The minimum absolute atomic E-state index is 0.296. The van der Waals surface area contributed by atoms with Crippen LogP contribution in [0.25, 0.3) is 49.7 Å². The number of anilines is 1. The predicted molar refractivity (Wildman–Crippen MR) is 136 cm³/mol. The van der Waals surface area contributed by atoms with Crippen LogP contribution in [-0.4, -0.2) is 36.1 Å². The van der Waals surface area contributed by atoms with Crippen molar-refractivity contribution in [1.29, 1.82) is 5.26 Å². The van der Waals surface area contributed by atoms with Crippen molar-refractivity contribution in [1.82, 2.24) is 29.5 Å². The van der Waals surface area contributed by atoms with Crippen LogP contribution in [0.1, 0.15) is 12.5 Å². The van der Waals surface area contributed by atoms with Gasteiger partial charge >= 0.3 is 0 Å². The Bertz CT molecular complexity index is 1870. The van der Waals surface area contributed by atoms with Gasteiger partial charge in [-0.2, -0.15) is 20.1 Å². The van der Waals surface area contributed by atoms with Crippen LogP contribution >= 0.6 is 0 Å². The normalized spacial score (nSPS) is 11.3. The van der Waals surface area contributed by atoms with Gasteiger partial charge in [-0.15, -0.1) is 0 Å². The number of pyridine rings is 1. The molecule has 0 spiro atoms. The second-order valence-corrected chi connectivity index (χ2v) is 8.31. The number of aryl methyl sites for hydroxylation is 1. The molecule has 2 N–H and O–H groups in total. The summed E-state index contributed by atoms with van der Waals surface area (Å²) in [5.74, 6) is 0.664. The molecule has 0 unspecified atom stereocenters. The van der Waals surface area contributed by atoms with E-state index in [1.807, 2.05) is 68.7 Å². The quantitative estimate of drug-likeness (QED) is 0.409. The Labute approximate surface area is 199 Å². The first-order valence-electron chi connectivity index (χ1n) is 11.2. The molecule has 170 valence electrons. The third kappa shape index (κ3) is 3.31. The van der Waals surface area contributed by atoms with Crippen LogP contribution in [0.5, 0.6) is 0 Å². The number of rotatable bonds is 4. The van der Waals surface area contributed by atoms with Crippen molar-refractivity contribution in [2.24, 2.45) is 7.05 Å². The first kappa shape index (κ1) is 20.6. The highest BCUT2D eigenvalue weighted by atomic mass is 16.1. The Morgan fingerprint density at radius 2 is 1.94 bits per heavy atom. The van der Waals surface area contributed by atoms with E-state index in [-0.39, 0.29) is 5.56 Å². The largest absolute Gasteiger partial charge is 0.370 e. The van der Waals surface area contributed by atoms with E-state index in [9.17, 15) is 10.1 Å². The van der Waals surface area contributed by atoms with Crippen LogP contribution in [0.4, 0.5) is 5.82 Å². The van der Waals surface area contributed by atoms with Crippen LogP contribution in [-0.2, 0) is 7.05 Å². The fourth-order valence-corrected chi connectivity index (χ4v) is 4.43. The summed E-state index contributed by atoms with van der Waals surface area (Å²) in [6, 6.07) is 17.1. The summed E-state index contributed by atoms with van der Waals surface area (Å²) in [6.07, 6.45) is 3.57. The molecule has 0 amide bonds. The number of nitrogens with one attached hydrogen (secondary N) is 2. The average molecular weight is 461 g/mol. The summed E-state index contributed by atoms with van der Waals surface area (Å²) in [5, 5.41) is 23.5. The van der Waals surface area contributed by atoms with Gasteiger partial charge in [-0.3, -0.25) is 9.48 Å². The van der Waals surface area contributed by atoms with E-state index >= 15 is 0 Å². The molecule has 0 saturated carbocycles. The number of hydrogen-bond acceptors (Lipinski definition) is 6. The zero-order valence-electron chi connectivity index (χ0n) is 19.1. The maximum absolute atomic E-state index is 14.0. The SMILES string of the molecule is CCNc1ccc2nn(-c3ccc4nn(C)cc4c3)c(=O)c(-c3ccc4[nH]cc(C#N)c4c3)c2n1. The molecule has 0 saturated heterocycles. The van der Waals surface area contributed by atoms with Crippen molar-refractivity contribution in [3.8, 4) is 22.9 Å². The van der Waals surface area contributed by atoms with Gasteiger partial charge in [0.2, 0.25) is 0 Å². The van der Waals surface area contributed by atoms with Gasteiger partial charge in [0.1, 0.15) is 22.9 Å². The number of nitrogens with zero attached hydrogens (tertiary/aromatic N) is 6. The number of fused-ring (bicyclic) bond motifs is 3. The highest BCUT2D eigenvalue weighted by Crippen LogP contribution is 2.29. The lowest BCUT2D eigenvalue weighted by Gasteiger charge is -2.12. The van der Waals surface area contributed by atoms with Crippen molar-refractivity contribution in [2.75, 3.05) is 11.9 Å². The molecule has 2 aromatic carbocycles. The van der Waals surface area contributed by atoms with Gasteiger partial charge < -0.3 is 10.3 Å². The Hall–Kier alpha value is -4.97. The van der Waals surface area contributed by atoms with E-state index in [0.29, 0.717) is 45.8 Å². The van der Waals surface area contributed by atoms with E-state index in [0.717, 1.165) is 21.8 Å². The highest BCUT2D eigenvalue weighted by molar-refractivity contribution is 5.96. The lowest BCUT2D eigenvalue weighted by molar-refractivity contribution is 0.780. The molecule has 6 aromatic rings. The highest BCUT2D eigenvalue weighted by Gasteiger charge is 2.18. The van der Waals surface area contributed by atoms with Gasteiger partial charge in [0.25, 0.3) is 5.56 Å². The standard InChI is InChI=1S/C26H20N8O/c1-3-28-23-9-8-22-25(30-23)24(15-4-6-21-19(11-15)17(12-27)13-29-21)26(35)34(32-22)18-5-7-20-16(10-18)14-33(2)31-20/h4-11,13-14,29H,3H2,1-2H3,(H,28,30). The van der Waals surface area contributed by atoms with Gasteiger partial charge in [0.15, 0.2) is 0 Å². The molecule has 4 heterocycles. The zero-order valence-corrected chi connectivity index (χ0v) is 19.1. The number of nitriles is 1. The molecule has 4 aromatic heterocycles. The Kier molecular flexibility index (Phi) is 4.60. The molecular weight excluding hydrogens is 440 g/mol. The third-order valence-electron chi connectivity index (χ3n) is 6.02. The minimum Gasteiger partial charge on any atom is -0.370 e. The summed E-state index contributed by atoms with van der Waals surface area (Å²) in [6.45, 7) is 2.69. The second kappa shape index (κ2) is 7.81. The van der Waals surface area contributed by atoms with Crippen LogP contribution < -0.4 is 10.9 Å². The third-order valence-corrected chi connectivity index (χ3v) is 6.02. The van der Waals surface area contributed by atoms with Gasteiger partial charge in [0, 0.05) is 42.3 Å². The molecule has 0 aliphatic carbocycles. The summed E-state index contributed by atoms with van der Waals surface area (Å²) in [5.41, 5.74) is 4.70. The van der Waals surface area contributed by atoms with Crippen LogP contribution in [0.2, 0.25) is 0 Å². The second-order valence-electron chi connectivity index (χ2n) is 8.31. The minimum atomic E-state index is -0.296. The Morgan fingerprint density at radius 1 is 1.09 bits per heavy atom. The predicted octanol–water partition coefficient (Wildman–Crippen LogP) is 4.12. The first-order chi connectivity index (χ1) is 17.1. The smallest absolute Gasteiger partial charge is 0.281 e. The Morgan fingerprint density at radius 3 is 2.77 bits per heavy atom. The molecule has 9 nitrogen and oxygen atoms in total. The molecule has 9 heteroatoms. The maximum Gasteiger partial charge on any atom is 0.281 e. The molecule has 0 radical (unpaired) electrons. The summed E-state index contributed by atoms with van der Waals surface area (Å²) < 4.78 is 3.15. The fourth-order valence-electron chi connectivity index (χ4n) is 4.43. The number of H-pyrrole nitrogens is 1. The monoisotopic (exact) mass is 460 g/mol. The summed E-state index contributed by atoms with van der Waals surface area (Å²) in [7, 11) is 1.86. The van der Waals surface area contributed by atoms with E-state index in [4.69, 9.17) is 4.98 Å². The van der Waals surface area contributed by atoms with Crippen LogP contribution in [0, 0.1) is 11.3 Å². The van der Waals surface area contributed by atoms with Gasteiger partial charge in [-0.25, -0.2) is 4.98 Å². The topological polar surface area (TPSA) is 117 Å². The van der Waals surface area contributed by atoms with Crippen LogP contribution in [0.3, 0.4) is 0 Å². The molecule has 0 fully saturated rings. The number of aromatic nitrogens is 6.